The van der Waals surface area contributed by atoms with Gasteiger partial charge in [-0.1, -0.05) is 91.9 Å². The minimum atomic E-state index is 0.215. The van der Waals surface area contributed by atoms with Gasteiger partial charge in [-0.25, -0.2) is 29.3 Å². The zero-order chi connectivity index (χ0) is 35.8. The van der Waals surface area contributed by atoms with Crippen LogP contribution in [-0.4, -0.2) is 39.5 Å². The SMILES string of the molecule is CC(C)n1nc(Cc2ccc3ccccc3c2)c2c(N)ncnc21.CC1CCC(n2nc(Cc3cccc4ccccc34)c3c(N)ncnc32)CC1. The fourth-order valence-corrected chi connectivity index (χ4v) is 7.65. The molecule has 262 valence electrons. The first kappa shape index (κ1) is 33.3. The van der Waals surface area contributed by atoms with Crippen LogP contribution in [0.15, 0.2) is 97.6 Å². The lowest BCUT2D eigenvalue weighted by atomic mass is 9.87. The van der Waals surface area contributed by atoms with Crippen molar-refractivity contribution < 1.29 is 0 Å². The Kier molecular flexibility index (Phi) is 8.97. The molecule has 4 aromatic carbocycles. The van der Waals surface area contributed by atoms with Crippen LogP contribution in [0, 0.1) is 5.92 Å². The van der Waals surface area contributed by atoms with Crippen LogP contribution in [0.1, 0.15) is 81.1 Å². The van der Waals surface area contributed by atoms with Crippen LogP contribution >= 0.6 is 0 Å². The number of hydrogen-bond donors (Lipinski definition) is 2. The van der Waals surface area contributed by atoms with E-state index in [-0.39, 0.29) is 6.04 Å². The van der Waals surface area contributed by atoms with Crippen molar-refractivity contribution in [2.24, 2.45) is 5.92 Å². The van der Waals surface area contributed by atoms with Crippen molar-refractivity contribution >= 4 is 55.2 Å². The molecule has 52 heavy (non-hydrogen) atoms. The van der Waals surface area contributed by atoms with Gasteiger partial charge in [-0.3, -0.25) is 0 Å². The van der Waals surface area contributed by atoms with Crippen LogP contribution in [-0.2, 0) is 12.8 Å². The lowest BCUT2D eigenvalue weighted by molar-refractivity contribution is 0.277. The third-order valence-electron chi connectivity index (χ3n) is 10.4. The highest BCUT2D eigenvalue weighted by atomic mass is 15.3. The molecule has 0 spiro atoms. The average Bonchev–Trinajstić information content (AvgIpc) is 3.72. The van der Waals surface area contributed by atoms with E-state index in [9.17, 15) is 0 Å². The van der Waals surface area contributed by atoms with Crippen LogP contribution in [0.5, 0.6) is 0 Å². The summed E-state index contributed by atoms with van der Waals surface area (Å²) < 4.78 is 4.05. The van der Waals surface area contributed by atoms with Crippen LogP contribution in [0.25, 0.3) is 43.6 Å². The highest BCUT2D eigenvalue weighted by molar-refractivity contribution is 5.91. The second-order valence-electron chi connectivity index (χ2n) is 14.4. The van der Waals surface area contributed by atoms with Gasteiger partial charge in [0.2, 0.25) is 0 Å². The molecule has 4 N–H and O–H groups in total. The van der Waals surface area contributed by atoms with Crippen LogP contribution < -0.4 is 11.5 Å². The number of aromatic nitrogens is 8. The monoisotopic (exact) mass is 688 g/mol. The van der Waals surface area contributed by atoms with E-state index < -0.39 is 0 Å². The summed E-state index contributed by atoms with van der Waals surface area (Å²) in [5.41, 5.74) is 18.4. The van der Waals surface area contributed by atoms with Gasteiger partial charge in [-0.05, 0) is 78.1 Å². The van der Waals surface area contributed by atoms with Gasteiger partial charge in [0, 0.05) is 18.9 Å². The first-order valence-electron chi connectivity index (χ1n) is 18.2. The van der Waals surface area contributed by atoms with Gasteiger partial charge < -0.3 is 11.5 Å². The Labute approximate surface area is 302 Å². The number of nitrogens with two attached hydrogens (primary N) is 2. The number of nitrogen functional groups attached to an aromatic ring is 2. The Morgan fingerprint density at radius 1 is 0.654 bits per heavy atom. The number of fused-ring (bicyclic) bond motifs is 4. The van der Waals surface area contributed by atoms with Crippen molar-refractivity contribution in [3.63, 3.8) is 0 Å². The summed E-state index contributed by atoms with van der Waals surface area (Å²) in [6, 6.07) is 30.4. The maximum atomic E-state index is 6.28. The van der Waals surface area contributed by atoms with Gasteiger partial charge in [0.1, 0.15) is 24.3 Å². The summed E-state index contributed by atoms with van der Waals surface area (Å²) >= 11 is 0. The van der Waals surface area contributed by atoms with Gasteiger partial charge in [-0.2, -0.15) is 10.2 Å². The van der Waals surface area contributed by atoms with Crippen molar-refractivity contribution in [3.05, 3.63) is 120 Å². The fourth-order valence-electron chi connectivity index (χ4n) is 7.65. The molecule has 1 aliphatic rings. The molecular weight excluding hydrogens is 645 g/mol. The molecule has 1 saturated carbocycles. The lowest BCUT2D eigenvalue weighted by Crippen LogP contribution is -2.18. The Balaban J connectivity index is 0.000000151. The third-order valence-corrected chi connectivity index (χ3v) is 10.4. The van der Waals surface area contributed by atoms with E-state index in [2.05, 4.69) is 130 Å². The Morgan fingerprint density at radius 2 is 1.29 bits per heavy atom. The summed E-state index contributed by atoms with van der Waals surface area (Å²) in [5, 5.41) is 16.5. The van der Waals surface area contributed by atoms with Crippen molar-refractivity contribution in [2.45, 2.75) is 71.4 Å². The first-order valence-corrected chi connectivity index (χ1v) is 18.2. The zero-order valence-electron chi connectivity index (χ0n) is 29.9. The predicted molar refractivity (Wildman–Crippen MR) is 210 cm³/mol. The predicted octanol–water partition coefficient (Wildman–Crippen LogP) is 8.64. The second kappa shape index (κ2) is 14.0. The zero-order valence-corrected chi connectivity index (χ0v) is 29.9. The fraction of sp³-hybridized carbons (Fsp3) is 0.286. The van der Waals surface area contributed by atoms with E-state index >= 15 is 0 Å². The molecule has 1 fully saturated rings. The minimum absolute atomic E-state index is 0.215. The molecule has 8 aromatic rings. The summed E-state index contributed by atoms with van der Waals surface area (Å²) in [4.78, 5) is 17.4. The maximum Gasteiger partial charge on any atom is 0.163 e. The Bertz CT molecular complexity index is 2520. The van der Waals surface area contributed by atoms with Crippen molar-refractivity contribution in [1.29, 1.82) is 0 Å². The smallest absolute Gasteiger partial charge is 0.163 e. The number of rotatable bonds is 6. The molecule has 4 heterocycles. The number of nitrogens with zero attached hydrogens (tertiary/aromatic N) is 8. The van der Waals surface area contributed by atoms with Crippen LogP contribution in [0.3, 0.4) is 0 Å². The topological polar surface area (TPSA) is 139 Å². The number of hydrogen-bond acceptors (Lipinski definition) is 8. The summed E-state index contributed by atoms with van der Waals surface area (Å²) in [5.74, 6) is 1.81. The third kappa shape index (κ3) is 6.40. The van der Waals surface area contributed by atoms with E-state index in [0.29, 0.717) is 24.1 Å². The molecule has 0 saturated heterocycles. The van der Waals surface area contributed by atoms with Gasteiger partial charge >= 0.3 is 0 Å². The minimum Gasteiger partial charge on any atom is -0.383 e. The van der Waals surface area contributed by atoms with E-state index in [4.69, 9.17) is 21.7 Å². The molecular formula is C42H44N10. The van der Waals surface area contributed by atoms with Crippen molar-refractivity contribution in [1.82, 2.24) is 39.5 Å². The number of benzene rings is 4. The average molecular weight is 689 g/mol. The van der Waals surface area contributed by atoms with Crippen LogP contribution in [0.2, 0.25) is 0 Å². The molecule has 0 radical (unpaired) electrons. The second-order valence-corrected chi connectivity index (χ2v) is 14.4. The molecule has 0 unspecified atom stereocenters. The molecule has 0 aliphatic heterocycles. The quantitative estimate of drug-likeness (QED) is 0.177. The maximum absolute atomic E-state index is 6.28. The molecule has 0 amide bonds. The lowest BCUT2D eigenvalue weighted by Gasteiger charge is -2.26. The van der Waals surface area contributed by atoms with E-state index in [0.717, 1.165) is 58.6 Å². The molecule has 10 heteroatoms. The van der Waals surface area contributed by atoms with Gasteiger partial charge in [0.15, 0.2) is 11.3 Å². The van der Waals surface area contributed by atoms with Gasteiger partial charge in [0.05, 0.1) is 28.2 Å². The molecule has 10 nitrogen and oxygen atoms in total. The first-order chi connectivity index (χ1) is 25.3. The molecule has 4 aromatic heterocycles. The summed E-state index contributed by atoms with van der Waals surface area (Å²) in [6.07, 6.45) is 9.27. The molecule has 0 bridgehead atoms. The molecule has 9 rings (SSSR count). The standard InChI is InChI=1S/C23H25N5.C19H19N5/c1-15-9-11-18(12-10-15)28-23-21(22(24)25-14-26-23)20(27-28)13-17-7-4-6-16-5-2-3-8-19(16)17;1-12(2)24-19-17(18(20)21-11-22-19)16(23-24)10-13-7-8-14-5-3-4-6-15(14)9-13/h2-8,14-15,18H,9-13H2,1H3,(H2,24,25,26);3-9,11-12H,10H2,1-2H3,(H2,20,21,22). The van der Waals surface area contributed by atoms with E-state index in [1.165, 1.54) is 51.8 Å². The van der Waals surface area contributed by atoms with E-state index in [1.54, 1.807) is 6.33 Å². The Hall–Kier alpha value is -5.90. The summed E-state index contributed by atoms with van der Waals surface area (Å²) in [7, 11) is 0. The highest BCUT2D eigenvalue weighted by Crippen LogP contribution is 2.35. The van der Waals surface area contributed by atoms with E-state index in [1.807, 2.05) is 4.68 Å². The van der Waals surface area contributed by atoms with Crippen molar-refractivity contribution in [2.75, 3.05) is 11.5 Å². The van der Waals surface area contributed by atoms with Gasteiger partial charge in [0.25, 0.3) is 0 Å². The van der Waals surface area contributed by atoms with Gasteiger partial charge in [-0.15, -0.1) is 0 Å². The molecule has 1 aliphatic carbocycles. The Morgan fingerprint density at radius 3 is 2.04 bits per heavy atom. The number of anilines is 2. The highest BCUT2D eigenvalue weighted by Gasteiger charge is 2.25. The van der Waals surface area contributed by atoms with Crippen molar-refractivity contribution in [3.8, 4) is 0 Å². The normalized spacial score (nSPS) is 16.2. The molecule has 0 atom stereocenters. The largest absolute Gasteiger partial charge is 0.383 e. The summed E-state index contributed by atoms with van der Waals surface area (Å²) in [6.45, 7) is 6.51. The van der Waals surface area contributed by atoms with Crippen LogP contribution in [0.4, 0.5) is 11.6 Å².